The molecule has 1 aromatic carbocycles. The maximum Gasteiger partial charge on any atom is 0.240 e. The second-order valence-electron chi connectivity index (χ2n) is 6.56. The summed E-state index contributed by atoms with van der Waals surface area (Å²) in [6.07, 6.45) is 5.29. The summed E-state index contributed by atoms with van der Waals surface area (Å²) in [5.74, 6) is 0.513. The SMILES string of the molecule is COCCNS(=O)(=O)c1ccc(C=Cc2onc(C)c2NC(=O)C2CC2)cc1. The molecule has 28 heavy (non-hydrogen) atoms. The molecular weight excluding hydrogens is 382 g/mol. The Morgan fingerprint density at radius 3 is 2.64 bits per heavy atom. The molecule has 0 unspecified atom stereocenters. The van der Waals surface area contributed by atoms with Gasteiger partial charge in [-0.1, -0.05) is 23.4 Å². The molecule has 1 aliphatic carbocycles. The second kappa shape index (κ2) is 8.68. The van der Waals surface area contributed by atoms with Crippen LogP contribution < -0.4 is 10.0 Å². The average molecular weight is 405 g/mol. The number of carbonyl (C=O) groups is 1. The van der Waals surface area contributed by atoms with Gasteiger partial charge in [-0.05, 0) is 43.5 Å². The molecule has 0 saturated heterocycles. The van der Waals surface area contributed by atoms with E-state index in [9.17, 15) is 13.2 Å². The minimum Gasteiger partial charge on any atom is -0.383 e. The molecule has 8 nitrogen and oxygen atoms in total. The summed E-state index contributed by atoms with van der Waals surface area (Å²) >= 11 is 0. The highest BCUT2D eigenvalue weighted by Crippen LogP contribution is 2.32. The zero-order chi connectivity index (χ0) is 20.1. The maximum absolute atomic E-state index is 12.2. The van der Waals surface area contributed by atoms with Crippen LogP contribution >= 0.6 is 0 Å². The number of nitrogens with one attached hydrogen (secondary N) is 2. The average Bonchev–Trinajstić information content (AvgIpc) is 3.47. The Labute approximate surface area is 164 Å². The van der Waals surface area contributed by atoms with Crippen LogP contribution in [0, 0.1) is 12.8 Å². The number of aromatic nitrogens is 1. The van der Waals surface area contributed by atoms with Gasteiger partial charge in [0.15, 0.2) is 5.76 Å². The molecule has 0 radical (unpaired) electrons. The maximum atomic E-state index is 12.2. The van der Waals surface area contributed by atoms with E-state index in [0.29, 0.717) is 23.7 Å². The Morgan fingerprint density at radius 1 is 1.29 bits per heavy atom. The van der Waals surface area contributed by atoms with Crippen molar-refractivity contribution >= 4 is 33.8 Å². The van der Waals surface area contributed by atoms with Crippen molar-refractivity contribution in [3.63, 3.8) is 0 Å². The largest absolute Gasteiger partial charge is 0.383 e. The molecule has 0 bridgehead atoms. The van der Waals surface area contributed by atoms with Crippen molar-refractivity contribution in [3.05, 3.63) is 41.3 Å². The van der Waals surface area contributed by atoms with Gasteiger partial charge in [0.1, 0.15) is 11.4 Å². The molecule has 0 aliphatic heterocycles. The van der Waals surface area contributed by atoms with E-state index in [4.69, 9.17) is 9.26 Å². The fourth-order valence-electron chi connectivity index (χ4n) is 2.52. The first-order chi connectivity index (χ1) is 13.4. The Kier molecular flexibility index (Phi) is 6.28. The van der Waals surface area contributed by atoms with Crippen LogP contribution in [0.1, 0.15) is 29.9 Å². The van der Waals surface area contributed by atoms with Crippen molar-refractivity contribution in [2.45, 2.75) is 24.7 Å². The lowest BCUT2D eigenvalue weighted by atomic mass is 10.2. The van der Waals surface area contributed by atoms with Crippen molar-refractivity contribution in [1.29, 1.82) is 0 Å². The number of anilines is 1. The Balaban J connectivity index is 1.69. The molecule has 9 heteroatoms. The van der Waals surface area contributed by atoms with Crippen LogP contribution in [0.25, 0.3) is 12.2 Å². The monoisotopic (exact) mass is 405 g/mol. The van der Waals surface area contributed by atoms with Crippen LogP contribution in [-0.4, -0.2) is 39.7 Å². The van der Waals surface area contributed by atoms with Gasteiger partial charge in [0, 0.05) is 19.6 Å². The third-order valence-corrected chi connectivity index (χ3v) is 5.78. The molecule has 2 N–H and O–H groups in total. The van der Waals surface area contributed by atoms with Crippen LogP contribution in [-0.2, 0) is 19.6 Å². The molecular formula is C19H23N3O5S. The van der Waals surface area contributed by atoms with E-state index in [1.54, 1.807) is 31.2 Å². The highest BCUT2D eigenvalue weighted by molar-refractivity contribution is 7.89. The van der Waals surface area contributed by atoms with E-state index < -0.39 is 10.0 Å². The highest BCUT2D eigenvalue weighted by Gasteiger charge is 2.30. The second-order valence-corrected chi connectivity index (χ2v) is 8.33. The van der Waals surface area contributed by atoms with Crippen LogP contribution in [0.4, 0.5) is 5.69 Å². The number of carbonyl (C=O) groups excluding carboxylic acids is 1. The lowest BCUT2D eigenvalue weighted by molar-refractivity contribution is -0.117. The first kappa shape index (κ1) is 20.2. The third kappa shape index (κ3) is 5.06. The standard InChI is InChI=1S/C19H23N3O5S/c1-13-18(21-19(23)15-6-7-15)17(27-22-13)10-5-14-3-8-16(9-4-14)28(24,25)20-11-12-26-2/h3-5,8-10,15,20H,6-7,11-12H2,1-2H3,(H,21,23). The predicted molar refractivity (Wildman–Crippen MR) is 105 cm³/mol. The van der Waals surface area contributed by atoms with Gasteiger partial charge in [-0.3, -0.25) is 4.79 Å². The number of benzene rings is 1. The van der Waals surface area contributed by atoms with E-state index in [1.165, 1.54) is 19.2 Å². The topological polar surface area (TPSA) is 111 Å². The number of hydrogen-bond donors (Lipinski definition) is 2. The number of amides is 1. The number of hydrogen-bond acceptors (Lipinski definition) is 6. The summed E-state index contributed by atoms with van der Waals surface area (Å²) in [6, 6.07) is 6.42. The molecule has 1 amide bonds. The summed E-state index contributed by atoms with van der Waals surface area (Å²) in [7, 11) is -2.06. The smallest absolute Gasteiger partial charge is 0.240 e. The summed E-state index contributed by atoms with van der Waals surface area (Å²) in [5, 5.41) is 6.77. The molecule has 3 rings (SSSR count). The first-order valence-electron chi connectivity index (χ1n) is 8.94. The molecule has 1 aliphatic rings. The van der Waals surface area contributed by atoms with Crippen molar-refractivity contribution in [2.24, 2.45) is 5.92 Å². The summed E-state index contributed by atoms with van der Waals surface area (Å²) in [5.41, 5.74) is 1.95. The van der Waals surface area contributed by atoms with Crippen LogP contribution in [0.5, 0.6) is 0 Å². The molecule has 1 aromatic heterocycles. The van der Waals surface area contributed by atoms with E-state index in [-0.39, 0.29) is 23.3 Å². The van der Waals surface area contributed by atoms with Crippen molar-refractivity contribution in [1.82, 2.24) is 9.88 Å². The van der Waals surface area contributed by atoms with Gasteiger partial charge in [0.25, 0.3) is 0 Å². The lowest BCUT2D eigenvalue weighted by Crippen LogP contribution is -2.27. The zero-order valence-corrected chi connectivity index (χ0v) is 16.6. The predicted octanol–water partition coefficient (Wildman–Crippen LogP) is 2.43. The van der Waals surface area contributed by atoms with Gasteiger partial charge < -0.3 is 14.6 Å². The normalized spacial score (nSPS) is 14.5. The summed E-state index contributed by atoms with van der Waals surface area (Å²) in [6.45, 7) is 2.27. The fourth-order valence-corrected chi connectivity index (χ4v) is 3.53. The number of aryl methyl sites for hydroxylation is 1. The fraction of sp³-hybridized carbons (Fsp3) is 0.368. The van der Waals surface area contributed by atoms with E-state index in [2.05, 4.69) is 15.2 Å². The minimum atomic E-state index is -3.57. The van der Waals surface area contributed by atoms with Crippen LogP contribution in [0.3, 0.4) is 0 Å². The highest BCUT2D eigenvalue weighted by atomic mass is 32.2. The molecule has 1 saturated carbocycles. The zero-order valence-electron chi connectivity index (χ0n) is 15.8. The van der Waals surface area contributed by atoms with Crippen molar-refractivity contribution in [2.75, 3.05) is 25.6 Å². The lowest BCUT2D eigenvalue weighted by Gasteiger charge is -2.06. The molecule has 0 atom stereocenters. The van der Waals surface area contributed by atoms with Crippen LogP contribution in [0.2, 0.25) is 0 Å². The van der Waals surface area contributed by atoms with E-state index in [0.717, 1.165) is 18.4 Å². The molecule has 1 fully saturated rings. The quantitative estimate of drug-likeness (QED) is 0.620. The Hall–Kier alpha value is -2.49. The summed E-state index contributed by atoms with van der Waals surface area (Å²) in [4.78, 5) is 12.2. The Bertz CT molecular complexity index is 960. The van der Waals surface area contributed by atoms with Gasteiger partial charge in [-0.15, -0.1) is 0 Å². The number of nitrogens with zero attached hydrogens (tertiary/aromatic N) is 1. The van der Waals surface area contributed by atoms with Crippen molar-refractivity contribution < 1.29 is 22.5 Å². The minimum absolute atomic E-state index is 0.0171. The van der Waals surface area contributed by atoms with Crippen LogP contribution in [0.15, 0.2) is 33.7 Å². The van der Waals surface area contributed by atoms with Gasteiger partial charge >= 0.3 is 0 Å². The number of methoxy groups -OCH3 is 1. The third-order valence-electron chi connectivity index (χ3n) is 4.30. The number of rotatable bonds is 9. The number of ether oxygens (including phenoxy) is 1. The van der Waals surface area contributed by atoms with E-state index >= 15 is 0 Å². The van der Waals surface area contributed by atoms with Gasteiger partial charge in [0.05, 0.1) is 11.5 Å². The molecule has 0 spiro atoms. The molecule has 150 valence electrons. The van der Waals surface area contributed by atoms with Gasteiger partial charge in [-0.25, -0.2) is 13.1 Å². The first-order valence-corrected chi connectivity index (χ1v) is 10.4. The number of sulfonamides is 1. The van der Waals surface area contributed by atoms with Gasteiger partial charge in [0.2, 0.25) is 15.9 Å². The molecule has 2 aromatic rings. The van der Waals surface area contributed by atoms with Crippen molar-refractivity contribution in [3.8, 4) is 0 Å². The Morgan fingerprint density at radius 2 is 2.00 bits per heavy atom. The molecule has 1 heterocycles. The van der Waals surface area contributed by atoms with E-state index in [1.807, 2.05) is 0 Å². The van der Waals surface area contributed by atoms with Gasteiger partial charge in [-0.2, -0.15) is 0 Å². The summed E-state index contributed by atoms with van der Waals surface area (Å²) < 4.78 is 36.9.